The molecule has 114 valence electrons. The predicted molar refractivity (Wildman–Crippen MR) is 97.7 cm³/mol. The highest BCUT2D eigenvalue weighted by molar-refractivity contribution is 9.11. The molecule has 0 aliphatic carbocycles. The van der Waals surface area contributed by atoms with E-state index in [0.29, 0.717) is 0 Å². The Labute approximate surface area is 147 Å². The second-order valence-electron chi connectivity index (χ2n) is 4.88. The average Bonchev–Trinajstić information content (AvgIpc) is 2.87. The Morgan fingerprint density at radius 3 is 2.52 bits per heavy atom. The molecular weight excluding hydrogens is 414 g/mol. The summed E-state index contributed by atoms with van der Waals surface area (Å²) >= 11 is 8.98. The number of methoxy groups -OCH3 is 1. The highest BCUT2D eigenvalue weighted by atomic mass is 79.9. The van der Waals surface area contributed by atoms with E-state index in [1.165, 1.54) is 16.0 Å². The summed E-state index contributed by atoms with van der Waals surface area (Å²) in [7, 11) is 1.74. The van der Waals surface area contributed by atoms with Gasteiger partial charge in [-0.3, -0.25) is 0 Å². The standard InChI is InChI=1S/C16H19Br2NOS/c1-5-19-15(12-6-7-13(18)21-12)14-10(3)11(17)8-9(2)16(14)20-4/h6-8,15,19H,5H2,1-4H3. The van der Waals surface area contributed by atoms with Crippen molar-refractivity contribution in [1.82, 2.24) is 5.32 Å². The van der Waals surface area contributed by atoms with Crippen LogP contribution in [0.15, 0.2) is 26.5 Å². The Kier molecular flexibility index (Phi) is 5.88. The molecule has 5 heteroatoms. The SMILES string of the molecule is CCNC(c1ccc(Br)s1)c1c(C)c(Br)cc(C)c1OC. The van der Waals surface area contributed by atoms with Crippen molar-refractivity contribution in [2.45, 2.75) is 26.8 Å². The average molecular weight is 433 g/mol. The number of hydrogen-bond donors (Lipinski definition) is 1. The zero-order valence-corrected chi connectivity index (χ0v) is 16.6. The van der Waals surface area contributed by atoms with E-state index in [-0.39, 0.29) is 6.04 Å². The first-order valence-corrected chi connectivity index (χ1v) is 9.22. The number of ether oxygens (including phenoxy) is 1. The molecule has 0 aliphatic heterocycles. The van der Waals surface area contributed by atoms with Crippen molar-refractivity contribution in [3.05, 3.63) is 48.0 Å². The minimum absolute atomic E-state index is 0.137. The van der Waals surface area contributed by atoms with Crippen LogP contribution in [0.5, 0.6) is 5.75 Å². The van der Waals surface area contributed by atoms with Crippen molar-refractivity contribution >= 4 is 43.2 Å². The van der Waals surface area contributed by atoms with E-state index in [9.17, 15) is 0 Å². The molecule has 0 radical (unpaired) electrons. The van der Waals surface area contributed by atoms with Gasteiger partial charge in [0, 0.05) is 14.9 Å². The zero-order valence-electron chi connectivity index (χ0n) is 12.6. The maximum Gasteiger partial charge on any atom is 0.127 e. The van der Waals surface area contributed by atoms with Crippen LogP contribution in [0.4, 0.5) is 0 Å². The van der Waals surface area contributed by atoms with Crippen LogP contribution in [0.1, 0.15) is 34.5 Å². The van der Waals surface area contributed by atoms with Crippen molar-refractivity contribution in [2.24, 2.45) is 0 Å². The normalized spacial score (nSPS) is 12.5. The Morgan fingerprint density at radius 2 is 2.00 bits per heavy atom. The van der Waals surface area contributed by atoms with E-state index in [2.05, 4.69) is 76.1 Å². The lowest BCUT2D eigenvalue weighted by Crippen LogP contribution is -2.23. The van der Waals surface area contributed by atoms with Crippen LogP contribution < -0.4 is 10.1 Å². The summed E-state index contributed by atoms with van der Waals surface area (Å²) in [4.78, 5) is 1.28. The molecule has 2 rings (SSSR count). The molecule has 1 heterocycles. The third-order valence-corrected chi connectivity index (χ3v) is 6.00. The minimum atomic E-state index is 0.137. The molecule has 0 aliphatic rings. The first-order chi connectivity index (χ1) is 9.99. The fourth-order valence-electron chi connectivity index (χ4n) is 2.53. The molecule has 2 aromatic rings. The van der Waals surface area contributed by atoms with Crippen LogP contribution in [-0.2, 0) is 0 Å². The summed E-state index contributed by atoms with van der Waals surface area (Å²) in [6.07, 6.45) is 0. The van der Waals surface area contributed by atoms with Gasteiger partial charge in [0.15, 0.2) is 0 Å². The highest BCUT2D eigenvalue weighted by Crippen LogP contribution is 2.41. The molecule has 1 aromatic carbocycles. The lowest BCUT2D eigenvalue weighted by atomic mass is 9.96. The van der Waals surface area contributed by atoms with E-state index in [4.69, 9.17) is 4.74 Å². The summed E-state index contributed by atoms with van der Waals surface area (Å²) in [5.41, 5.74) is 3.57. The topological polar surface area (TPSA) is 21.3 Å². The molecule has 0 fully saturated rings. The molecule has 1 aromatic heterocycles. The van der Waals surface area contributed by atoms with Crippen molar-refractivity contribution in [1.29, 1.82) is 0 Å². The van der Waals surface area contributed by atoms with E-state index >= 15 is 0 Å². The Bertz CT molecular complexity index is 639. The molecule has 2 nitrogen and oxygen atoms in total. The van der Waals surface area contributed by atoms with Crippen molar-refractivity contribution in [2.75, 3.05) is 13.7 Å². The number of hydrogen-bond acceptors (Lipinski definition) is 3. The number of nitrogens with one attached hydrogen (secondary N) is 1. The monoisotopic (exact) mass is 431 g/mol. The lowest BCUT2D eigenvalue weighted by Gasteiger charge is -2.24. The first-order valence-electron chi connectivity index (χ1n) is 6.81. The number of rotatable bonds is 5. The largest absolute Gasteiger partial charge is 0.496 e. The van der Waals surface area contributed by atoms with Gasteiger partial charge in [-0.25, -0.2) is 0 Å². The van der Waals surface area contributed by atoms with Crippen LogP contribution >= 0.6 is 43.2 Å². The van der Waals surface area contributed by atoms with Gasteiger partial charge in [-0.05, 0) is 65.6 Å². The third kappa shape index (κ3) is 3.52. The fraction of sp³-hybridized carbons (Fsp3) is 0.375. The van der Waals surface area contributed by atoms with Crippen molar-refractivity contribution in [3.63, 3.8) is 0 Å². The molecule has 0 saturated heterocycles. The smallest absolute Gasteiger partial charge is 0.127 e. The van der Waals surface area contributed by atoms with E-state index in [0.717, 1.165) is 26.1 Å². The molecule has 1 atom stereocenters. The summed E-state index contributed by atoms with van der Waals surface area (Å²) < 4.78 is 7.96. The first kappa shape index (κ1) is 17.0. The van der Waals surface area contributed by atoms with E-state index in [1.807, 2.05) is 0 Å². The van der Waals surface area contributed by atoms with Crippen molar-refractivity contribution in [3.8, 4) is 5.75 Å². The number of halogens is 2. The van der Waals surface area contributed by atoms with Gasteiger partial charge in [0.25, 0.3) is 0 Å². The number of benzene rings is 1. The van der Waals surface area contributed by atoms with Crippen LogP contribution in [0, 0.1) is 13.8 Å². The second kappa shape index (κ2) is 7.27. The minimum Gasteiger partial charge on any atom is -0.496 e. The van der Waals surface area contributed by atoms with Gasteiger partial charge in [-0.1, -0.05) is 22.9 Å². The van der Waals surface area contributed by atoms with Gasteiger partial charge in [0.1, 0.15) is 5.75 Å². The summed E-state index contributed by atoms with van der Waals surface area (Å²) in [6, 6.07) is 6.51. The third-order valence-electron chi connectivity index (χ3n) is 3.49. The molecule has 0 saturated carbocycles. The van der Waals surface area contributed by atoms with Gasteiger partial charge in [-0.15, -0.1) is 11.3 Å². The molecule has 21 heavy (non-hydrogen) atoms. The Morgan fingerprint density at radius 1 is 1.29 bits per heavy atom. The quantitative estimate of drug-likeness (QED) is 0.663. The Hall–Kier alpha value is -0.360. The van der Waals surface area contributed by atoms with Gasteiger partial charge < -0.3 is 10.1 Å². The van der Waals surface area contributed by atoms with E-state index < -0.39 is 0 Å². The van der Waals surface area contributed by atoms with Gasteiger partial charge >= 0.3 is 0 Å². The maximum atomic E-state index is 5.70. The Balaban J connectivity index is 2.64. The molecular formula is C16H19Br2NOS. The molecule has 0 bridgehead atoms. The van der Waals surface area contributed by atoms with E-state index in [1.54, 1.807) is 18.4 Å². The molecule has 0 spiro atoms. The fourth-order valence-corrected chi connectivity index (χ4v) is 4.59. The summed E-state index contributed by atoms with van der Waals surface area (Å²) in [5, 5.41) is 3.59. The molecule has 0 amide bonds. The highest BCUT2D eigenvalue weighted by Gasteiger charge is 2.24. The van der Waals surface area contributed by atoms with Gasteiger partial charge in [0.05, 0.1) is 16.9 Å². The van der Waals surface area contributed by atoms with Gasteiger partial charge in [0.2, 0.25) is 0 Å². The zero-order chi connectivity index (χ0) is 15.6. The number of aryl methyl sites for hydroxylation is 1. The van der Waals surface area contributed by atoms with Crippen LogP contribution in [0.3, 0.4) is 0 Å². The molecule has 1 N–H and O–H groups in total. The predicted octanol–water partition coefficient (Wildman–Crippen LogP) is 5.60. The molecule has 1 unspecified atom stereocenters. The summed E-state index contributed by atoms with van der Waals surface area (Å²) in [5.74, 6) is 0.964. The maximum absolute atomic E-state index is 5.70. The van der Waals surface area contributed by atoms with Crippen molar-refractivity contribution < 1.29 is 4.74 Å². The summed E-state index contributed by atoms with van der Waals surface area (Å²) in [6.45, 7) is 7.24. The van der Waals surface area contributed by atoms with Gasteiger partial charge in [-0.2, -0.15) is 0 Å². The van der Waals surface area contributed by atoms with Crippen LogP contribution in [-0.4, -0.2) is 13.7 Å². The lowest BCUT2D eigenvalue weighted by molar-refractivity contribution is 0.401. The second-order valence-corrected chi connectivity index (χ2v) is 8.23. The van der Waals surface area contributed by atoms with Crippen LogP contribution in [0.2, 0.25) is 0 Å². The van der Waals surface area contributed by atoms with Crippen LogP contribution in [0.25, 0.3) is 0 Å². The number of thiophene rings is 1.